The minimum atomic E-state index is -0.325. The van der Waals surface area contributed by atoms with Gasteiger partial charge in [-0.1, -0.05) is 35.8 Å². The lowest BCUT2D eigenvalue weighted by Gasteiger charge is -2.02. The summed E-state index contributed by atoms with van der Waals surface area (Å²) in [5, 5.41) is 3.18. The number of nitrogens with one attached hydrogen (secondary N) is 1. The van der Waals surface area contributed by atoms with Crippen molar-refractivity contribution in [3.05, 3.63) is 40.7 Å². The van der Waals surface area contributed by atoms with E-state index < -0.39 is 0 Å². The van der Waals surface area contributed by atoms with E-state index in [2.05, 4.69) is 16.9 Å². The van der Waals surface area contributed by atoms with E-state index in [1.807, 2.05) is 0 Å². The topological polar surface area (TPSA) is 42.0 Å². The molecule has 1 N–H and O–H groups in total. The fraction of sp³-hybridized carbons (Fsp3) is 0.111. The van der Waals surface area contributed by atoms with Gasteiger partial charge in [0.25, 0.3) is 5.91 Å². The van der Waals surface area contributed by atoms with E-state index in [1.165, 1.54) is 0 Å². The highest BCUT2D eigenvalue weighted by atomic mass is 35.5. The summed E-state index contributed by atoms with van der Waals surface area (Å²) in [7, 11) is 0. The monoisotopic (exact) mass is 230 g/mol. The Morgan fingerprint density at radius 1 is 1.57 bits per heavy atom. The van der Waals surface area contributed by atoms with Gasteiger partial charge in [0, 0.05) is 5.03 Å². The Morgan fingerprint density at radius 2 is 2.29 bits per heavy atom. The summed E-state index contributed by atoms with van der Waals surface area (Å²) in [4.78, 5) is 15.2. The van der Waals surface area contributed by atoms with Crippen molar-refractivity contribution in [1.82, 2.24) is 10.3 Å². The van der Waals surface area contributed by atoms with Crippen LogP contribution in [0, 0.1) is 0 Å². The molecule has 3 nitrogen and oxygen atoms in total. The van der Waals surface area contributed by atoms with Gasteiger partial charge in [-0.2, -0.15) is 0 Å². The van der Waals surface area contributed by atoms with Gasteiger partial charge < -0.3 is 5.32 Å². The molecule has 0 fully saturated rings. The van der Waals surface area contributed by atoms with Crippen molar-refractivity contribution in [2.24, 2.45) is 0 Å². The average molecular weight is 231 g/mol. The Bertz CT molecular complexity index is 366. The van der Waals surface area contributed by atoms with Gasteiger partial charge in [-0.05, 0) is 12.1 Å². The van der Waals surface area contributed by atoms with Gasteiger partial charge in [-0.3, -0.25) is 4.79 Å². The summed E-state index contributed by atoms with van der Waals surface area (Å²) in [6.07, 6.45) is 0. The van der Waals surface area contributed by atoms with Crippen molar-refractivity contribution in [3.63, 3.8) is 0 Å². The normalized spacial score (nSPS) is 9.57. The Kier molecular flexibility index (Phi) is 3.92. The number of hydrogen-bond donors (Lipinski definition) is 1. The number of amides is 1. The molecular weight excluding hydrogens is 223 g/mol. The summed E-state index contributed by atoms with van der Waals surface area (Å²) in [6.45, 7) is 3.66. The molecule has 0 atom stereocenters. The summed E-state index contributed by atoms with van der Waals surface area (Å²) in [5.41, 5.74) is 0.260. The van der Waals surface area contributed by atoms with Gasteiger partial charge >= 0.3 is 0 Å². The molecule has 0 bridgehead atoms. The molecule has 0 aliphatic rings. The molecule has 0 radical (unpaired) electrons. The second kappa shape index (κ2) is 4.98. The van der Waals surface area contributed by atoms with Crippen LogP contribution in [0.15, 0.2) is 29.8 Å². The summed E-state index contributed by atoms with van der Waals surface area (Å²) in [5.74, 6) is -0.325. The standard InChI is InChI=1S/C9H8Cl2N2O/c1-6(10)5-12-9(14)7-3-2-4-8(11)13-7/h2-4H,1,5H2,(H,12,14). The van der Waals surface area contributed by atoms with Crippen molar-refractivity contribution in [1.29, 1.82) is 0 Å². The van der Waals surface area contributed by atoms with Crippen LogP contribution in [0.1, 0.15) is 10.5 Å². The van der Waals surface area contributed by atoms with Crippen molar-refractivity contribution >= 4 is 29.1 Å². The number of carbonyl (C=O) groups is 1. The predicted octanol–water partition coefficient (Wildman–Crippen LogP) is 2.22. The van der Waals surface area contributed by atoms with E-state index in [9.17, 15) is 4.79 Å². The van der Waals surface area contributed by atoms with Crippen LogP contribution in [0.3, 0.4) is 0 Å². The van der Waals surface area contributed by atoms with Crippen molar-refractivity contribution < 1.29 is 4.79 Å². The number of halogens is 2. The molecule has 0 saturated heterocycles. The molecule has 1 heterocycles. The predicted molar refractivity (Wildman–Crippen MR) is 56.6 cm³/mol. The lowest BCUT2D eigenvalue weighted by atomic mass is 10.3. The largest absolute Gasteiger partial charge is 0.346 e. The number of rotatable bonds is 3. The first-order valence-electron chi connectivity index (χ1n) is 3.83. The zero-order chi connectivity index (χ0) is 10.6. The van der Waals surface area contributed by atoms with Crippen LogP contribution < -0.4 is 5.32 Å². The molecule has 74 valence electrons. The molecule has 1 rings (SSSR count). The number of pyridine rings is 1. The first-order chi connectivity index (χ1) is 6.59. The van der Waals surface area contributed by atoms with Crippen LogP contribution in [0.2, 0.25) is 5.15 Å². The quantitative estimate of drug-likeness (QED) is 0.810. The third kappa shape index (κ3) is 3.36. The molecule has 0 saturated carbocycles. The van der Waals surface area contributed by atoms with E-state index in [1.54, 1.807) is 18.2 Å². The highest BCUT2D eigenvalue weighted by Gasteiger charge is 2.06. The second-order valence-electron chi connectivity index (χ2n) is 2.55. The van der Waals surface area contributed by atoms with Gasteiger partial charge in [0.15, 0.2) is 0 Å². The average Bonchev–Trinajstić information content (AvgIpc) is 2.14. The maximum atomic E-state index is 11.4. The van der Waals surface area contributed by atoms with Crippen LogP contribution in [0.25, 0.3) is 0 Å². The summed E-state index contributed by atoms with van der Waals surface area (Å²) < 4.78 is 0. The summed E-state index contributed by atoms with van der Waals surface area (Å²) >= 11 is 11.1. The number of carbonyl (C=O) groups excluding carboxylic acids is 1. The van der Waals surface area contributed by atoms with Crippen LogP contribution in [-0.2, 0) is 0 Å². The third-order valence-electron chi connectivity index (χ3n) is 1.39. The second-order valence-corrected chi connectivity index (χ2v) is 3.47. The SMILES string of the molecule is C=C(Cl)CNC(=O)c1cccc(Cl)n1. The molecule has 1 aromatic heterocycles. The molecule has 0 aliphatic heterocycles. The molecule has 0 aliphatic carbocycles. The van der Waals surface area contributed by atoms with Gasteiger partial charge in [0.1, 0.15) is 10.8 Å². The first-order valence-corrected chi connectivity index (χ1v) is 4.59. The minimum absolute atomic E-state index is 0.217. The number of aromatic nitrogens is 1. The van der Waals surface area contributed by atoms with Crippen LogP contribution in [-0.4, -0.2) is 17.4 Å². The van der Waals surface area contributed by atoms with Crippen LogP contribution in [0.4, 0.5) is 0 Å². The van der Waals surface area contributed by atoms with Crippen molar-refractivity contribution in [3.8, 4) is 0 Å². The molecule has 14 heavy (non-hydrogen) atoms. The Hall–Kier alpha value is -1.06. The fourth-order valence-corrected chi connectivity index (χ4v) is 1.03. The van der Waals surface area contributed by atoms with E-state index in [0.717, 1.165) is 0 Å². The molecular formula is C9H8Cl2N2O. The van der Waals surface area contributed by atoms with Gasteiger partial charge in [-0.25, -0.2) is 4.98 Å². The highest BCUT2D eigenvalue weighted by Crippen LogP contribution is 2.05. The molecule has 5 heteroatoms. The number of hydrogen-bond acceptors (Lipinski definition) is 2. The molecule has 1 amide bonds. The Balaban J connectivity index is 2.65. The maximum Gasteiger partial charge on any atom is 0.270 e. The van der Waals surface area contributed by atoms with E-state index in [-0.39, 0.29) is 23.3 Å². The third-order valence-corrected chi connectivity index (χ3v) is 1.73. The Morgan fingerprint density at radius 3 is 2.86 bits per heavy atom. The highest BCUT2D eigenvalue weighted by molar-refractivity contribution is 6.30. The van der Waals surface area contributed by atoms with E-state index in [0.29, 0.717) is 5.03 Å². The van der Waals surface area contributed by atoms with Gasteiger partial charge in [-0.15, -0.1) is 0 Å². The first kappa shape index (κ1) is 11.0. The molecule has 0 aromatic carbocycles. The van der Waals surface area contributed by atoms with E-state index >= 15 is 0 Å². The molecule has 1 aromatic rings. The zero-order valence-corrected chi connectivity index (χ0v) is 8.77. The van der Waals surface area contributed by atoms with Crippen molar-refractivity contribution in [2.75, 3.05) is 6.54 Å². The maximum absolute atomic E-state index is 11.4. The molecule has 0 unspecified atom stereocenters. The van der Waals surface area contributed by atoms with Gasteiger partial charge in [0.2, 0.25) is 0 Å². The van der Waals surface area contributed by atoms with Crippen molar-refractivity contribution in [2.45, 2.75) is 0 Å². The minimum Gasteiger partial charge on any atom is -0.346 e. The van der Waals surface area contributed by atoms with Crippen LogP contribution >= 0.6 is 23.2 Å². The lowest BCUT2D eigenvalue weighted by Crippen LogP contribution is -2.25. The fourth-order valence-electron chi connectivity index (χ4n) is 0.801. The van der Waals surface area contributed by atoms with Crippen LogP contribution in [0.5, 0.6) is 0 Å². The lowest BCUT2D eigenvalue weighted by molar-refractivity contribution is 0.0952. The smallest absolute Gasteiger partial charge is 0.270 e. The summed E-state index contributed by atoms with van der Waals surface area (Å²) in [6, 6.07) is 4.82. The Labute approximate surface area is 91.7 Å². The van der Waals surface area contributed by atoms with Gasteiger partial charge in [0.05, 0.1) is 6.54 Å². The number of nitrogens with zero attached hydrogens (tertiary/aromatic N) is 1. The molecule has 0 spiro atoms. The zero-order valence-electron chi connectivity index (χ0n) is 7.26. The van der Waals surface area contributed by atoms with E-state index in [4.69, 9.17) is 23.2 Å².